The fourth-order valence-corrected chi connectivity index (χ4v) is 1.21. The highest BCUT2D eigenvalue weighted by Gasteiger charge is 2.27. The number of ether oxygens (including phenoxy) is 1. The molecule has 0 spiro atoms. The molecule has 0 radical (unpaired) electrons. The number of carbonyl (C=O) groups excluding carboxylic acids is 1. The van der Waals surface area contributed by atoms with Crippen LogP contribution in [0.25, 0.3) is 0 Å². The minimum absolute atomic E-state index is 0.0701. The van der Waals surface area contributed by atoms with Gasteiger partial charge in [0.05, 0.1) is 6.04 Å². The van der Waals surface area contributed by atoms with Crippen LogP contribution in [0, 0.1) is 0 Å². The first-order valence-corrected chi connectivity index (χ1v) is 4.11. The number of allylic oxidation sites excluding steroid dienone is 3. The van der Waals surface area contributed by atoms with Crippen LogP contribution >= 0.6 is 0 Å². The summed E-state index contributed by atoms with van der Waals surface area (Å²) in [7, 11) is 0. The summed E-state index contributed by atoms with van der Waals surface area (Å²) in [5, 5.41) is 0. The average Bonchev–Trinajstić information content (AvgIpc) is 2.46. The minimum Gasteiger partial charge on any atom is -0.465 e. The van der Waals surface area contributed by atoms with Crippen molar-refractivity contribution in [2.45, 2.75) is 19.2 Å². The fraction of sp³-hybridized carbons (Fsp3) is 0.333. The van der Waals surface area contributed by atoms with Crippen LogP contribution in [0.5, 0.6) is 0 Å². The van der Waals surface area contributed by atoms with Gasteiger partial charge in [0.2, 0.25) is 6.23 Å². The summed E-state index contributed by atoms with van der Waals surface area (Å²) in [5.74, 6) is 0.467. The van der Waals surface area contributed by atoms with Gasteiger partial charge < -0.3 is 10.5 Å². The van der Waals surface area contributed by atoms with Crippen molar-refractivity contribution in [1.29, 1.82) is 0 Å². The standard InChI is InChI=1S/C9H10N2O2/c1-5(10)9-11-7-3-2-6(12)4-8(7)13-9/h2-5,9H,10H2,1H3. The molecule has 4 nitrogen and oxygen atoms in total. The molecule has 0 bridgehead atoms. The Kier molecular flexibility index (Phi) is 1.77. The molecule has 0 amide bonds. The monoisotopic (exact) mass is 178 g/mol. The van der Waals surface area contributed by atoms with Crippen molar-refractivity contribution in [1.82, 2.24) is 0 Å². The van der Waals surface area contributed by atoms with E-state index in [4.69, 9.17) is 10.5 Å². The molecule has 2 N–H and O–H groups in total. The van der Waals surface area contributed by atoms with Gasteiger partial charge in [-0.3, -0.25) is 4.79 Å². The fourth-order valence-electron chi connectivity index (χ4n) is 1.21. The lowest BCUT2D eigenvalue weighted by atomic mass is 10.1. The lowest BCUT2D eigenvalue weighted by molar-refractivity contribution is -0.110. The van der Waals surface area contributed by atoms with Gasteiger partial charge in [-0.05, 0) is 19.1 Å². The second-order valence-electron chi connectivity index (χ2n) is 3.13. The van der Waals surface area contributed by atoms with E-state index in [1.54, 1.807) is 6.08 Å². The molecular formula is C9H10N2O2. The predicted molar refractivity (Wildman–Crippen MR) is 48.2 cm³/mol. The van der Waals surface area contributed by atoms with E-state index in [1.165, 1.54) is 12.2 Å². The zero-order valence-corrected chi connectivity index (χ0v) is 7.23. The number of carbonyl (C=O) groups is 1. The van der Waals surface area contributed by atoms with Crippen molar-refractivity contribution in [3.8, 4) is 0 Å². The number of aliphatic imine (C=N–C) groups is 1. The van der Waals surface area contributed by atoms with E-state index in [-0.39, 0.29) is 18.1 Å². The maximum absolute atomic E-state index is 11.0. The Bertz CT molecular complexity index is 340. The molecule has 0 fully saturated rings. The SMILES string of the molecule is CC(N)C1N=C2C=CC(=O)C=C2O1. The zero-order valence-electron chi connectivity index (χ0n) is 7.23. The number of hydrogen-bond acceptors (Lipinski definition) is 4. The number of rotatable bonds is 1. The first kappa shape index (κ1) is 8.19. The Balaban J connectivity index is 2.26. The van der Waals surface area contributed by atoms with Gasteiger partial charge in [-0.25, -0.2) is 4.99 Å². The Morgan fingerprint density at radius 2 is 2.38 bits per heavy atom. The molecule has 0 saturated heterocycles. The van der Waals surface area contributed by atoms with Gasteiger partial charge in [0.25, 0.3) is 0 Å². The van der Waals surface area contributed by atoms with Gasteiger partial charge in [-0.2, -0.15) is 0 Å². The van der Waals surface area contributed by atoms with Crippen LogP contribution in [-0.2, 0) is 9.53 Å². The number of nitrogens with two attached hydrogens (primary N) is 1. The molecule has 0 aromatic carbocycles. The quantitative estimate of drug-likeness (QED) is 0.581. The lowest BCUT2D eigenvalue weighted by Gasteiger charge is -2.11. The molecule has 2 unspecified atom stereocenters. The van der Waals surface area contributed by atoms with Crippen LogP contribution in [0.2, 0.25) is 0 Å². The van der Waals surface area contributed by atoms with Gasteiger partial charge >= 0.3 is 0 Å². The lowest BCUT2D eigenvalue weighted by Crippen LogP contribution is -2.29. The van der Waals surface area contributed by atoms with Crippen molar-refractivity contribution < 1.29 is 9.53 Å². The number of ketones is 1. The zero-order chi connectivity index (χ0) is 9.42. The summed E-state index contributed by atoms with van der Waals surface area (Å²) in [6, 6.07) is -0.164. The van der Waals surface area contributed by atoms with Gasteiger partial charge in [-0.15, -0.1) is 0 Å². The van der Waals surface area contributed by atoms with Gasteiger partial charge in [-0.1, -0.05) is 0 Å². The van der Waals surface area contributed by atoms with Crippen LogP contribution < -0.4 is 5.73 Å². The van der Waals surface area contributed by atoms with Crippen LogP contribution in [0.15, 0.2) is 29.0 Å². The largest absolute Gasteiger partial charge is 0.465 e. The molecule has 0 saturated carbocycles. The van der Waals surface area contributed by atoms with E-state index in [2.05, 4.69) is 4.99 Å². The van der Waals surface area contributed by atoms with Gasteiger partial charge in [0, 0.05) is 6.08 Å². The molecule has 2 aliphatic rings. The maximum atomic E-state index is 11.0. The smallest absolute Gasteiger partial charge is 0.205 e. The van der Waals surface area contributed by atoms with Crippen molar-refractivity contribution in [3.63, 3.8) is 0 Å². The van der Waals surface area contributed by atoms with Crippen molar-refractivity contribution >= 4 is 11.5 Å². The number of hydrogen-bond donors (Lipinski definition) is 1. The third kappa shape index (κ3) is 1.40. The molecule has 0 aromatic heterocycles. The summed E-state index contributed by atoms with van der Waals surface area (Å²) >= 11 is 0. The second-order valence-corrected chi connectivity index (χ2v) is 3.13. The third-order valence-corrected chi connectivity index (χ3v) is 1.90. The first-order valence-electron chi connectivity index (χ1n) is 4.11. The van der Waals surface area contributed by atoms with Gasteiger partial charge in [0.1, 0.15) is 5.71 Å². The molecule has 68 valence electrons. The number of nitrogens with zero attached hydrogens (tertiary/aromatic N) is 1. The Morgan fingerprint density at radius 1 is 1.62 bits per heavy atom. The predicted octanol–water partition coefficient (Wildman–Crippen LogP) is 0.154. The van der Waals surface area contributed by atoms with Crippen molar-refractivity contribution in [2.24, 2.45) is 10.7 Å². The van der Waals surface area contributed by atoms with E-state index < -0.39 is 0 Å². The molecule has 4 heteroatoms. The third-order valence-electron chi connectivity index (χ3n) is 1.90. The summed E-state index contributed by atoms with van der Waals surface area (Å²) < 4.78 is 5.36. The second kappa shape index (κ2) is 2.81. The molecular weight excluding hydrogens is 168 g/mol. The maximum Gasteiger partial charge on any atom is 0.205 e. The summed E-state index contributed by atoms with van der Waals surface area (Å²) in [6.45, 7) is 1.82. The summed E-state index contributed by atoms with van der Waals surface area (Å²) in [5.41, 5.74) is 6.33. The highest BCUT2D eigenvalue weighted by Crippen LogP contribution is 2.20. The van der Waals surface area contributed by atoms with Crippen LogP contribution in [0.1, 0.15) is 6.92 Å². The normalized spacial score (nSPS) is 27.5. The van der Waals surface area contributed by atoms with E-state index in [0.29, 0.717) is 11.5 Å². The van der Waals surface area contributed by atoms with Crippen molar-refractivity contribution in [3.05, 3.63) is 24.0 Å². The molecule has 1 heterocycles. The number of fused-ring (bicyclic) bond motifs is 1. The van der Waals surface area contributed by atoms with Crippen LogP contribution in [-0.4, -0.2) is 23.8 Å². The molecule has 1 aliphatic carbocycles. The first-order chi connectivity index (χ1) is 6.16. The summed E-state index contributed by atoms with van der Waals surface area (Å²) in [6.07, 6.45) is 4.20. The van der Waals surface area contributed by atoms with Crippen LogP contribution in [0.3, 0.4) is 0 Å². The highest BCUT2D eigenvalue weighted by molar-refractivity contribution is 6.19. The van der Waals surface area contributed by atoms with Gasteiger partial charge in [0.15, 0.2) is 11.5 Å². The average molecular weight is 178 g/mol. The Labute approximate surface area is 75.8 Å². The minimum atomic E-state index is -0.350. The van der Waals surface area contributed by atoms with E-state index >= 15 is 0 Å². The van der Waals surface area contributed by atoms with E-state index in [9.17, 15) is 4.79 Å². The Morgan fingerprint density at radius 3 is 3.08 bits per heavy atom. The van der Waals surface area contributed by atoms with Crippen LogP contribution in [0.4, 0.5) is 0 Å². The highest BCUT2D eigenvalue weighted by atomic mass is 16.5. The summed E-state index contributed by atoms with van der Waals surface area (Å²) in [4.78, 5) is 15.2. The molecule has 0 aromatic rings. The molecule has 1 aliphatic heterocycles. The molecule has 2 atom stereocenters. The molecule has 13 heavy (non-hydrogen) atoms. The molecule has 2 rings (SSSR count). The Hall–Kier alpha value is -1.42. The van der Waals surface area contributed by atoms with Crippen molar-refractivity contribution in [2.75, 3.05) is 0 Å². The topological polar surface area (TPSA) is 64.7 Å². The van der Waals surface area contributed by atoms with E-state index in [1.807, 2.05) is 6.92 Å². The van der Waals surface area contributed by atoms with E-state index in [0.717, 1.165) is 0 Å².